The number of allylic oxidation sites excluding steroid dienone is 20. The highest BCUT2D eigenvalue weighted by Crippen LogP contribution is 2.43. The molecule has 11 nitrogen and oxygen atoms in total. The Kier molecular flexibility index (Phi) is 55.9. The third-order valence-electron chi connectivity index (χ3n) is 12.3. The molecule has 0 aliphatic heterocycles. The molecule has 0 rings (SSSR count). The summed E-state index contributed by atoms with van der Waals surface area (Å²) in [5.74, 6) is -1.59. The molecule has 2 N–H and O–H groups in total. The summed E-state index contributed by atoms with van der Waals surface area (Å²) in [4.78, 5) is 48.6. The molecule has 0 bridgehead atoms. The van der Waals surface area contributed by atoms with Gasteiger partial charge in [-0.2, -0.15) is 0 Å². The van der Waals surface area contributed by atoms with E-state index in [9.17, 15) is 28.9 Å². The van der Waals surface area contributed by atoms with E-state index in [1.54, 1.807) is 0 Å². The Bertz CT molecular complexity index is 1770. The Balaban J connectivity index is 4.85. The number of esters is 3. The van der Waals surface area contributed by atoms with E-state index in [0.29, 0.717) is 25.7 Å². The van der Waals surface area contributed by atoms with Crippen LogP contribution >= 0.6 is 7.82 Å². The monoisotopic (exact) mass is 1110 g/mol. The number of carbonyl (C=O) groups excluding carboxylic acids is 3. The maximum absolute atomic E-state index is 12.9. The normalized spacial score (nSPS) is 14.2. The molecule has 0 saturated heterocycles. The highest BCUT2D eigenvalue weighted by atomic mass is 31.2. The Morgan fingerprint density at radius 2 is 0.718 bits per heavy atom. The van der Waals surface area contributed by atoms with Gasteiger partial charge in [-0.1, -0.05) is 226 Å². The van der Waals surface area contributed by atoms with Gasteiger partial charge in [0.15, 0.2) is 6.10 Å². The van der Waals surface area contributed by atoms with Crippen LogP contribution in [0, 0.1) is 0 Å². The fraction of sp³-hybridized carbons (Fsp3) is 0.652. The number of phosphoric acid groups is 1. The molecule has 0 aliphatic carbocycles. The Morgan fingerprint density at radius 1 is 0.372 bits per heavy atom. The van der Waals surface area contributed by atoms with Gasteiger partial charge < -0.3 is 24.2 Å². The molecule has 0 radical (unpaired) electrons. The molecule has 0 aromatic heterocycles. The van der Waals surface area contributed by atoms with Gasteiger partial charge in [-0.25, -0.2) is 4.57 Å². The fourth-order valence-corrected chi connectivity index (χ4v) is 8.53. The number of hydrogen-bond acceptors (Lipinski definition) is 10. The molecular formula is C66H109O11P. The summed E-state index contributed by atoms with van der Waals surface area (Å²) in [6, 6.07) is 0. The number of rotatable bonds is 55. The zero-order valence-corrected chi connectivity index (χ0v) is 50.0. The molecule has 3 unspecified atom stereocenters. The van der Waals surface area contributed by atoms with Crippen molar-refractivity contribution in [1.82, 2.24) is 0 Å². The van der Waals surface area contributed by atoms with Crippen LogP contribution in [0.4, 0.5) is 0 Å². The zero-order valence-electron chi connectivity index (χ0n) is 49.1. The van der Waals surface area contributed by atoms with Gasteiger partial charge >= 0.3 is 25.7 Å². The summed E-state index contributed by atoms with van der Waals surface area (Å²) in [6.45, 7) is 4.33. The molecule has 0 amide bonds. The summed E-state index contributed by atoms with van der Waals surface area (Å²) in [7, 11) is -4.78. The van der Waals surface area contributed by atoms with Gasteiger partial charge in [0.2, 0.25) is 0 Å². The second kappa shape index (κ2) is 59.0. The lowest BCUT2D eigenvalue weighted by Crippen LogP contribution is -2.30. The lowest BCUT2D eigenvalue weighted by molar-refractivity contribution is -0.161. The number of hydrogen-bond donors (Lipinski definition) is 2. The number of carbonyl (C=O) groups is 3. The molecule has 0 fully saturated rings. The Labute approximate surface area is 475 Å². The van der Waals surface area contributed by atoms with Gasteiger partial charge in [0.25, 0.3) is 0 Å². The van der Waals surface area contributed by atoms with Gasteiger partial charge in [0.1, 0.15) is 12.7 Å². The Hall–Kier alpha value is -4.12. The smallest absolute Gasteiger partial charge is 0.462 e. The van der Waals surface area contributed by atoms with E-state index < -0.39 is 57.8 Å². The third-order valence-corrected chi connectivity index (χ3v) is 13.3. The highest BCUT2D eigenvalue weighted by Gasteiger charge is 2.28. The van der Waals surface area contributed by atoms with Crippen molar-refractivity contribution >= 4 is 25.7 Å². The van der Waals surface area contributed by atoms with Crippen molar-refractivity contribution in [3.63, 3.8) is 0 Å². The third kappa shape index (κ3) is 56.6. The van der Waals surface area contributed by atoms with Crippen LogP contribution in [0.25, 0.3) is 0 Å². The quantitative estimate of drug-likeness (QED) is 0.0197. The van der Waals surface area contributed by atoms with Crippen LogP contribution < -0.4 is 0 Å². The standard InChI is InChI=1S/C66H109O11P/c1-4-7-10-13-16-19-22-25-27-29-31-33-35-38-40-43-46-49-52-55-64(68)73-59-63(77-66(70)57-54-51-48-45-42-39-36-34-32-30-28-26-23-20-17-14-11-8-5-2)61-75-78(71,72)74-60-62(58-67)76-65(69)56-53-50-47-44-41-37-24-21-18-15-12-9-6-3/h8,11-12,15-17,19-21,24-28,32,34,39,42,48,51,62-63,67H,4-7,9-10,13-14,18,22-23,29-31,33,35-38,40-41,43-47,49-50,52-61H2,1-3H3,(H,71,72)/b11-8-,15-12-,19-16-,20-17-,24-21-,27-25-,28-26-,34-32-,42-39-,51-48-. The topological polar surface area (TPSA) is 155 Å². The molecule has 0 heterocycles. The lowest BCUT2D eigenvalue weighted by Gasteiger charge is -2.21. The van der Waals surface area contributed by atoms with Crippen LogP contribution in [0.2, 0.25) is 0 Å². The van der Waals surface area contributed by atoms with Crippen molar-refractivity contribution < 1.29 is 52.2 Å². The fourth-order valence-electron chi connectivity index (χ4n) is 7.74. The van der Waals surface area contributed by atoms with Gasteiger partial charge in [0, 0.05) is 19.3 Å². The number of ether oxygens (including phenoxy) is 3. The Morgan fingerprint density at radius 3 is 1.15 bits per heavy atom. The lowest BCUT2D eigenvalue weighted by atomic mass is 10.1. The first-order valence-electron chi connectivity index (χ1n) is 30.4. The molecule has 0 spiro atoms. The molecule has 0 aliphatic rings. The predicted octanol–water partition coefficient (Wildman–Crippen LogP) is 18.4. The first-order chi connectivity index (χ1) is 38.2. The van der Waals surface area contributed by atoms with E-state index in [0.717, 1.165) is 116 Å². The average Bonchev–Trinajstić information content (AvgIpc) is 3.43. The summed E-state index contributed by atoms with van der Waals surface area (Å²) < 4.78 is 39.5. The second-order valence-electron chi connectivity index (χ2n) is 19.8. The molecule has 444 valence electrons. The first-order valence-corrected chi connectivity index (χ1v) is 31.9. The van der Waals surface area contributed by atoms with E-state index in [4.69, 9.17) is 23.3 Å². The summed E-state index contributed by atoms with van der Waals surface area (Å²) >= 11 is 0. The van der Waals surface area contributed by atoms with Crippen LogP contribution in [-0.4, -0.2) is 66.5 Å². The van der Waals surface area contributed by atoms with E-state index in [2.05, 4.69) is 130 Å². The minimum Gasteiger partial charge on any atom is -0.462 e. The maximum atomic E-state index is 12.9. The molecule has 0 aromatic rings. The maximum Gasteiger partial charge on any atom is 0.472 e. The van der Waals surface area contributed by atoms with Crippen molar-refractivity contribution in [3.05, 3.63) is 122 Å². The minimum absolute atomic E-state index is 0.0350. The van der Waals surface area contributed by atoms with E-state index in [1.807, 2.05) is 12.2 Å². The van der Waals surface area contributed by atoms with Gasteiger partial charge in [-0.15, -0.1) is 0 Å². The van der Waals surface area contributed by atoms with Crippen LogP contribution in [0.5, 0.6) is 0 Å². The predicted molar refractivity (Wildman–Crippen MR) is 325 cm³/mol. The van der Waals surface area contributed by atoms with Crippen LogP contribution in [-0.2, 0) is 42.2 Å². The minimum atomic E-state index is -4.78. The molecule has 0 saturated carbocycles. The second-order valence-corrected chi connectivity index (χ2v) is 21.2. The summed E-state index contributed by atoms with van der Waals surface area (Å²) in [5.41, 5.74) is 0. The van der Waals surface area contributed by atoms with E-state index >= 15 is 0 Å². The highest BCUT2D eigenvalue weighted by molar-refractivity contribution is 7.47. The molecule has 3 atom stereocenters. The van der Waals surface area contributed by atoms with Crippen LogP contribution in [0.15, 0.2) is 122 Å². The molecule has 78 heavy (non-hydrogen) atoms. The van der Waals surface area contributed by atoms with Gasteiger partial charge in [-0.3, -0.25) is 23.4 Å². The van der Waals surface area contributed by atoms with Crippen molar-refractivity contribution in [3.8, 4) is 0 Å². The number of aliphatic hydroxyl groups is 1. The number of aliphatic hydroxyl groups excluding tert-OH is 1. The van der Waals surface area contributed by atoms with E-state index in [1.165, 1.54) is 57.8 Å². The van der Waals surface area contributed by atoms with Crippen LogP contribution in [0.1, 0.15) is 239 Å². The first kappa shape index (κ1) is 73.9. The average molecular weight is 1110 g/mol. The van der Waals surface area contributed by atoms with Crippen LogP contribution in [0.3, 0.4) is 0 Å². The van der Waals surface area contributed by atoms with Crippen molar-refractivity contribution in [2.75, 3.05) is 26.4 Å². The van der Waals surface area contributed by atoms with Crippen molar-refractivity contribution in [2.45, 2.75) is 251 Å². The number of phosphoric ester groups is 1. The SMILES string of the molecule is CC/C=C\C/C=C\C/C=C\C/C=C\C/C=C\C/C=C\CCC(=O)OC(COC(=O)CCCCCCCCCCC/C=C\C/C=C\CCCCC)COP(=O)(O)OCC(CO)OC(=O)CCCCCCC/C=C\C/C=C\CCC. The van der Waals surface area contributed by atoms with Crippen molar-refractivity contribution in [2.24, 2.45) is 0 Å². The summed E-state index contributed by atoms with van der Waals surface area (Å²) in [5, 5.41) is 9.82. The largest absolute Gasteiger partial charge is 0.472 e. The van der Waals surface area contributed by atoms with Gasteiger partial charge in [-0.05, 0) is 116 Å². The molecule has 12 heteroatoms. The molecular weight excluding hydrogens is 1000 g/mol. The summed E-state index contributed by atoms with van der Waals surface area (Å²) in [6.07, 6.45) is 73.1. The molecule has 0 aromatic carbocycles. The zero-order chi connectivity index (χ0) is 56.9. The number of unbranched alkanes of at least 4 members (excludes halogenated alkanes) is 18. The van der Waals surface area contributed by atoms with E-state index in [-0.39, 0.29) is 25.9 Å². The van der Waals surface area contributed by atoms with Gasteiger partial charge in [0.05, 0.1) is 19.8 Å². The van der Waals surface area contributed by atoms with Crippen molar-refractivity contribution in [1.29, 1.82) is 0 Å².